The lowest BCUT2D eigenvalue weighted by molar-refractivity contribution is -0.154. The van der Waals surface area contributed by atoms with Gasteiger partial charge in [0.25, 0.3) is 0 Å². The van der Waals surface area contributed by atoms with Crippen molar-refractivity contribution in [2.75, 3.05) is 0 Å². The molecule has 122 valence electrons. The molecule has 2 aliphatic carbocycles. The fourth-order valence-electron chi connectivity index (χ4n) is 4.81. The third-order valence-corrected chi connectivity index (χ3v) is 6.71. The van der Waals surface area contributed by atoms with E-state index in [-0.39, 0.29) is 16.9 Å². The van der Waals surface area contributed by atoms with Gasteiger partial charge in [-0.3, -0.25) is 4.99 Å². The molecule has 0 saturated heterocycles. The van der Waals surface area contributed by atoms with Crippen LogP contribution in [0.15, 0.2) is 35.3 Å². The molecule has 4 rings (SSSR count). The largest absolute Gasteiger partial charge is 0.454 e. The lowest BCUT2D eigenvalue weighted by Crippen LogP contribution is -2.46. The van der Waals surface area contributed by atoms with E-state index in [2.05, 4.69) is 20.8 Å². The van der Waals surface area contributed by atoms with Crippen LogP contribution in [0.3, 0.4) is 0 Å². The first-order chi connectivity index (χ1) is 10.9. The highest BCUT2D eigenvalue weighted by atomic mass is 16.5. The second-order valence-corrected chi connectivity index (χ2v) is 7.87. The maximum atomic E-state index is 12.5. The predicted octanol–water partition coefficient (Wildman–Crippen LogP) is 2.91. The Morgan fingerprint density at radius 1 is 1.26 bits per heavy atom. The first kappa shape index (κ1) is 14.9. The van der Waals surface area contributed by atoms with Gasteiger partial charge >= 0.3 is 5.97 Å². The summed E-state index contributed by atoms with van der Waals surface area (Å²) in [7, 11) is 0. The van der Waals surface area contributed by atoms with Crippen LogP contribution in [0.1, 0.15) is 45.3 Å². The van der Waals surface area contributed by atoms with E-state index in [1.807, 2.05) is 30.3 Å². The van der Waals surface area contributed by atoms with Crippen LogP contribution in [0.2, 0.25) is 0 Å². The molecule has 0 amide bonds. The van der Waals surface area contributed by atoms with Crippen molar-refractivity contribution in [2.45, 2.75) is 51.9 Å². The van der Waals surface area contributed by atoms with Crippen molar-refractivity contribution < 1.29 is 14.6 Å². The van der Waals surface area contributed by atoms with Crippen molar-refractivity contribution in [3.8, 4) is 0 Å². The Hall–Kier alpha value is -1.68. The Morgan fingerprint density at radius 2 is 1.96 bits per heavy atom. The maximum absolute atomic E-state index is 12.5. The van der Waals surface area contributed by atoms with Crippen LogP contribution in [0, 0.1) is 16.7 Å². The third kappa shape index (κ3) is 1.81. The van der Waals surface area contributed by atoms with Crippen LogP contribution >= 0.6 is 0 Å². The van der Waals surface area contributed by atoms with Gasteiger partial charge in [0.05, 0.1) is 5.71 Å². The summed E-state index contributed by atoms with van der Waals surface area (Å²) in [6.07, 6.45) is 0.997. The van der Waals surface area contributed by atoms with E-state index >= 15 is 0 Å². The fraction of sp³-hybridized carbons (Fsp3) is 0.579. The van der Waals surface area contributed by atoms with Crippen LogP contribution in [0.25, 0.3) is 0 Å². The molecule has 4 heteroatoms. The number of rotatable bonds is 2. The molecule has 2 fully saturated rings. The first-order valence-corrected chi connectivity index (χ1v) is 8.38. The molecule has 1 aromatic rings. The number of fused-ring (bicyclic) bond motifs is 5. The van der Waals surface area contributed by atoms with Gasteiger partial charge in [0.15, 0.2) is 6.04 Å². The molecule has 5 atom stereocenters. The quantitative estimate of drug-likeness (QED) is 0.854. The van der Waals surface area contributed by atoms with Crippen molar-refractivity contribution in [3.63, 3.8) is 0 Å². The summed E-state index contributed by atoms with van der Waals surface area (Å²) >= 11 is 0. The molecule has 1 aliphatic heterocycles. The summed E-state index contributed by atoms with van der Waals surface area (Å²) in [5.41, 5.74) is 1.71. The SMILES string of the molecule is CC1(C)[C@@H]2CC[C@@]1(C)C1=N[C@@H]([C@H](O)c3ccccc3)C(=O)O[C@@H]12. The molecule has 23 heavy (non-hydrogen) atoms. The van der Waals surface area contributed by atoms with E-state index < -0.39 is 18.1 Å². The van der Waals surface area contributed by atoms with E-state index in [4.69, 9.17) is 9.73 Å². The number of aliphatic hydroxyl groups is 1. The molecule has 0 spiro atoms. The number of hydrogen-bond donors (Lipinski definition) is 1. The molecule has 0 aromatic heterocycles. The Balaban J connectivity index is 1.74. The minimum atomic E-state index is -0.956. The van der Waals surface area contributed by atoms with Crippen molar-refractivity contribution in [3.05, 3.63) is 35.9 Å². The second kappa shape index (κ2) is 4.67. The molecular formula is C19H23NO3. The Labute approximate surface area is 136 Å². The van der Waals surface area contributed by atoms with Gasteiger partial charge in [-0.1, -0.05) is 51.1 Å². The van der Waals surface area contributed by atoms with Crippen LogP contribution in [0.4, 0.5) is 0 Å². The van der Waals surface area contributed by atoms with Crippen LogP contribution in [0.5, 0.6) is 0 Å². The standard InChI is InChI=1S/C19H23NO3/c1-18(2)12-9-10-19(18,3)16-15(12)23-17(22)13(20-16)14(21)11-7-5-4-6-8-11/h4-8,12-15,21H,9-10H2,1-3H3/t12-,13+,14-,15-,19+/m1/s1. The average molecular weight is 313 g/mol. The van der Waals surface area contributed by atoms with Crippen LogP contribution in [-0.2, 0) is 9.53 Å². The zero-order valence-corrected chi connectivity index (χ0v) is 13.8. The zero-order valence-electron chi connectivity index (χ0n) is 13.8. The van der Waals surface area contributed by atoms with E-state index in [0.29, 0.717) is 11.5 Å². The minimum Gasteiger partial charge on any atom is -0.454 e. The molecule has 1 aromatic carbocycles. The van der Waals surface area contributed by atoms with Gasteiger partial charge < -0.3 is 9.84 Å². The van der Waals surface area contributed by atoms with Crippen LogP contribution < -0.4 is 0 Å². The molecule has 3 aliphatic rings. The summed E-state index contributed by atoms with van der Waals surface area (Å²) in [6.45, 7) is 6.74. The van der Waals surface area contributed by atoms with Gasteiger partial charge in [-0.15, -0.1) is 0 Å². The lowest BCUT2D eigenvalue weighted by Gasteiger charge is -2.36. The molecule has 0 radical (unpaired) electrons. The van der Waals surface area contributed by atoms with E-state index in [1.54, 1.807) is 0 Å². The van der Waals surface area contributed by atoms with Crippen molar-refractivity contribution in [1.29, 1.82) is 0 Å². The third-order valence-electron chi connectivity index (χ3n) is 6.71. The smallest absolute Gasteiger partial charge is 0.334 e. The number of nitrogens with zero attached hydrogens (tertiary/aromatic N) is 1. The normalized spacial score (nSPS) is 38.7. The van der Waals surface area contributed by atoms with Gasteiger partial charge in [-0.2, -0.15) is 0 Å². The summed E-state index contributed by atoms with van der Waals surface area (Å²) in [5, 5.41) is 10.6. The number of aliphatic hydroxyl groups excluding tert-OH is 1. The summed E-state index contributed by atoms with van der Waals surface area (Å²) < 4.78 is 5.77. The molecule has 2 bridgehead atoms. The summed E-state index contributed by atoms with van der Waals surface area (Å²) in [6, 6.07) is 8.37. The van der Waals surface area contributed by atoms with Gasteiger partial charge in [0, 0.05) is 11.3 Å². The molecule has 1 N–H and O–H groups in total. The number of carbonyl (C=O) groups excluding carboxylic acids is 1. The van der Waals surface area contributed by atoms with Gasteiger partial charge in [-0.05, 0) is 23.8 Å². The van der Waals surface area contributed by atoms with Crippen molar-refractivity contribution in [2.24, 2.45) is 21.7 Å². The first-order valence-electron chi connectivity index (χ1n) is 8.38. The number of carbonyl (C=O) groups is 1. The summed E-state index contributed by atoms with van der Waals surface area (Å²) in [5.74, 6) is -0.0629. The molecular weight excluding hydrogens is 290 g/mol. The number of aliphatic imine (C=N–C) groups is 1. The second-order valence-electron chi connectivity index (χ2n) is 7.87. The molecule has 4 nitrogen and oxygen atoms in total. The Bertz CT molecular complexity index is 681. The Morgan fingerprint density at radius 3 is 2.65 bits per heavy atom. The molecule has 1 heterocycles. The average Bonchev–Trinajstić information content (AvgIpc) is 2.86. The molecule has 0 unspecified atom stereocenters. The van der Waals surface area contributed by atoms with Gasteiger partial charge in [-0.25, -0.2) is 4.79 Å². The minimum absolute atomic E-state index is 0.0440. The van der Waals surface area contributed by atoms with Gasteiger partial charge in [0.2, 0.25) is 0 Å². The number of hydrogen-bond acceptors (Lipinski definition) is 4. The topological polar surface area (TPSA) is 58.9 Å². The molecule has 2 saturated carbocycles. The number of esters is 1. The summed E-state index contributed by atoms with van der Waals surface area (Å²) in [4.78, 5) is 17.2. The lowest BCUT2D eigenvalue weighted by atomic mass is 9.70. The van der Waals surface area contributed by atoms with Gasteiger partial charge in [0.1, 0.15) is 12.2 Å². The highest BCUT2D eigenvalue weighted by Gasteiger charge is 2.67. The number of ether oxygens (including phenoxy) is 1. The Kier molecular flexibility index (Phi) is 3.02. The number of benzene rings is 1. The van der Waals surface area contributed by atoms with E-state index in [9.17, 15) is 9.90 Å². The predicted molar refractivity (Wildman–Crippen MR) is 87.1 cm³/mol. The fourth-order valence-corrected chi connectivity index (χ4v) is 4.81. The monoisotopic (exact) mass is 313 g/mol. The highest BCUT2D eigenvalue weighted by molar-refractivity contribution is 6.03. The highest BCUT2D eigenvalue weighted by Crippen LogP contribution is 2.65. The van der Waals surface area contributed by atoms with E-state index in [1.165, 1.54) is 0 Å². The van der Waals surface area contributed by atoms with Crippen molar-refractivity contribution in [1.82, 2.24) is 0 Å². The van der Waals surface area contributed by atoms with E-state index in [0.717, 1.165) is 18.6 Å². The zero-order chi connectivity index (χ0) is 16.4. The van der Waals surface area contributed by atoms with Crippen LogP contribution in [-0.4, -0.2) is 28.9 Å². The van der Waals surface area contributed by atoms with Crippen molar-refractivity contribution >= 4 is 11.7 Å². The maximum Gasteiger partial charge on any atom is 0.334 e.